The van der Waals surface area contributed by atoms with Crippen LogP contribution in [-0.2, 0) is 16.4 Å². The van der Waals surface area contributed by atoms with Crippen LogP contribution in [0, 0.1) is 6.92 Å². The van der Waals surface area contributed by atoms with Crippen LogP contribution in [0.5, 0.6) is 0 Å². The second kappa shape index (κ2) is 9.01. The highest BCUT2D eigenvalue weighted by atomic mass is 32.2. The summed E-state index contributed by atoms with van der Waals surface area (Å²) in [6, 6.07) is 2.90. The van der Waals surface area contributed by atoms with Crippen LogP contribution in [0.3, 0.4) is 0 Å². The molecule has 1 aliphatic rings. The maximum absolute atomic E-state index is 13.4. The number of aryl methyl sites for hydroxylation is 1. The molecule has 1 N–H and O–H groups in total. The summed E-state index contributed by atoms with van der Waals surface area (Å²) in [4.78, 5) is 40.4. The fourth-order valence-electron chi connectivity index (χ4n) is 4.06. The van der Waals surface area contributed by atoms with E-state index in [-0.39, 0.29) is 28.9 Å². The number of pyridine rings is 1. The summed E-state index contributed by atoms with van der Waals surface area (Å²) in [5.41, 5.74) is 3.71. The fourth-order valence-corrected chi connectivity index (χ4v) is 4.62. The Morgan fingerprint density at radius 1 is 1.08 bits per heavy atom. The number of rotatable bonds is 7. The van der Waals surface area contributed by atoms with Crippen LogP contribution in [0.15, 0.2) is 40.5 Å². The number of nitrogens with one attached hydrogen (secondary N) is 1. The lowest BCUT2D eigenvalue weighted by atomic mass is 10.1. The average molecular weight is 507 g/mol. The number of hydrogen-bond donors (Lipinski definition) is 1. The molecule has 0 aliphatic heterocycles. The molecule has 4 aromatic rings. The van der Waals surface area contributed by atoms with Gasteiger partial charge in [-0.15, -0.1) is 0 Å². The lowest BCUT2D eigenvalue weighted by Crippen LogP contribution is -2.27. The Kier molecular flexibility index (Phi) is 5.99. The van der Waals surface area contributed by atoms with Crippen molar-refractivity contribution in [3.63, 3.8) is 0 Å². The van der Waals surface area contributed by atoms with Crippen molar-refractivity contribution in [2.45, 2.75) is 57.0 Å². The van der Waals surface area contributed by atoms with Gasteiger partial charge in [0.25, 0.3) is 5.56 Å². The Hall–Kier alpha value is -3.80. The highest BCUT2D eigenvalue weighted by Crippen LogP contribution is 2.43. The van der Waals surface area contributed by atoms with Gasteiger partial charge in [-0.25, -0.2) is 33.3 Å². The van der Waals surface area contributed by atoms with Crippen molar-refractivity contribution in [1.29, 1.82) is 0 Å². The van der Waals surface area contributed by atoms with Crippen LogP contribution < -0.4 is 10.9 Å². The molecule has 1 saturated carbocycles. The molecule has 5 rings (SSSR count). The van der Waals surface area contributed by atoms with Crippen molar-refractivity contribution in [3.8, 4) is 11.4 Å². The summed E-state index contributed by atoms with van der Waals surface area (Å²) >= 11 is 0. The molecule has 0 bridgehead atoms. The minimum atomic E-state index is -3.33. The normalized spacial score (nSPS) is 13.9. The predicted octanol–water partition coefficient (Wildman–Crippen LogP) is 2.82. The SMILES string of the molecule is Cc1ncnc(C2CC2)c1-c1ncc2nc(NCc3ccc(S(C)(=O)=O)cn3)c(=O)n(C(C)C)c2n1. The Morgan fingerprint density at radius 2 is 1.86 bits per heavy atom. The molecule has 12 heteroatoms. The van der Waals surface area contributed by atoms with E-state index in [0.717, 1.165) is 36.0 Å². The molecule has 0 spiro atoms. The first kappa shape index (κ1) is 23.9. The molecule has 1 fully saturated rings. The molecule has 0 aromatic carbocycles. The third kappa shape index (κ3) is 4.55. The van der Waals surface area contributed by atoms with E-state index in [1.165, 1.54) is 12.3 Å². The van der Waals surface area contributed by atoms with E-state index in [9.17, 15) is 13.2 Å². The van der Waals surface area contributed by atoms with Gasteiger partial charge in [-0.2, -0.15) is 0 Å². The highest BCUT2D eigenvalue weighted by Gasteiger charge is 2.30. The maximum Gasteiger partial charge on any atom is 0.295 e. The van der Waals surface area contributed by atoms with Crippen LogP contribution >= 0.6 is 0 Å². The molecule has 36 heavy (non-hydrogen) atoms. The zero-order valence-electron chi connectivity index (χ0n) is 20.4. The number of nitrogens with zero attached hydrogens (tertiary/aromatic N) is 7. The van der Waals surface area contributed by atoms with E-state index in [0.29, 0.717) is 28.6 Å². The molecular formula is C24H26N8O3S. The number of hydrogen-bond acceptors (Lipinski definition) is 10. The minimum absolute atomic E-state index is 0.133. The number of fused-ring (bicyclic) bond motifs is 1. The monoisotopic (exact) mass is 506 g/mol. The van der Waals surface area contributed by atoms with E-state index in [2.05, 4.69) is 30.2 Å². The first-order valence-electron chi connectivity index (χ1n) is 11.6. The molecule has 0 unspecified atom stereocenters. The summed E-state index contributed by atoms with van der Waals surface area (Å²) in [6.07, 6.45) is 7.77. The van der Waals surface area contributed by atoms with Crippen LogP contribution in [0.4, 0.5) is 5.82 Å². The largest absolute Gasteiger partial charge is 0.360 e. The first-order chi connectivity index (χ1) is 17.1. The summed E-state index contributed by atoms with van der Waals surface area (Å²) in [5.74, 6) is 1.01. The molecule has 186 valence electrons. The van der Waals surface area contributed by atoms with Gasteiger partial charge in [0.05, 0.1) is 40.3 Å². The molecule has 0 amide bonds. The zero-order valence-corrected chi connectivity index (χ0v) is 21.2. The molecule has 1 aliphatic carbocycles. The van der Waals surface area contributed by atoms with Gasteiger partial charge < -0.3 is 5.32 Å². The number of anilines is 1. The first-order valence-corrected chi connectivity index (χ1v) is 13.5. The van der Waals surface area contributed by atoms with Gasteiger partial charge in [-0.1, -0.05) is 0 Å². The summed E-state index contributed by atoms with van der Waals surface area (Å²) < 4.78 is 24.9. The van der Waals surface area contributed by atoms with E-state index >= 15 is 0 Å². The van der Waals surface area contributed by atoms with Crippen molar-refractivity contribution >= 4 is 26.8 Å². The molecule has 11 nitrogen and oxygen atoms in total. The zero-order chi connectivity index (χ0) is 25.6. The molecule has 4 aromatic heterocycles. The van der Waals surface area contributed by atoms with Gasteiger partial charge in [-0.3, -0.25) is 14.3 Å². The van der Waals surface area contributed by atoms with Crippen molar-refractivity contribution in [2.75, 3.05) is 11.6 Å². The maximum atomic E-state index is 13.4. The van der Waals surface area contributed by atoms with Gasteiger partial charge >= 0.3 is 0 Å². The van der Waals surface area contributed by atoms with Gasteiger partial charge in [-0.05, 0) is 45.7 Å². The Labute approximate surface area is 208 Å². The topological polar surface area (TPSA) is 146 Å². The molecule has 0 saturated heterocycles. The van der Waals surface area contributed by atoms with Gasteiger partial charge in [0.15, 0.2) is 27.1 Å². The van der Waals surface area contributed by atoms with Gasteiger partial charge in [0, 0.05) is 24.4 Å². The van der Waals surface area contributed by atoms with E-state index in [4.69, 9.17) is 4.98 Å². The molecular weight excluding hydrogens is 480 g/mol. The van der Waals surface area contributed by atoms with Crippen molar-refractivity contribution in [1.82, 2.24) is 34.5 Å². The van der Waals surface area contributed by atoms with Crippen LogP contribution in [0.25, 0.3) is 22.6 Å². The quantitative estimate of drug-likeness (QED) is 0.397. The van der Waals surface area contributed by atoms with Crippen LogP contribution in [0.2, 0.25) is 0 Å². The van der Waals surface area contributed by atoms with Crippen molar-refractivity contribution in [2.24, 2.45) is 0 Å². The number of sulfone groups is 1. The minimum Gasteiger partial charge on any atom is -0.360 e. The molecule has 4 heterocycles. The van der Waals surface area contributed by atoms with Crippen LogP contribution in [0.1, 0.15) is 55.7 Å². The van der Waals surface area contributed by atoms with Gasteiger partial charge in [0.2, 0.25) is 0 Å². The predicted molar refractivity (Wildman–Crippen MR) is 134 cm³/mol. The Morgan fingerprint density at radius 3 is 2.50 bits per heavy atom. The average Bonchev–Trinajstić information content (AvgIpc) is 3.67. The molecule has 0 atom stereocenters. The lowest BCUT2D eigenvalue weighted by molar-refractivity contribution is 0.593. The van der Waals surface area contributed by atoms with E-state index < -0.39 is 9.84 Å². The second-order valence-electron chi connectivity index (χ2n) is 9.24. The fraction of sp³-hybridized carbons (Fsp3) is 0.375. The summed E-state index contributed by atoms with van der Waals surface area (Å²) in [5, 5.41) is 3.03. The van der Waals surface area contributed by atoms with Crippen molar-refractivity contribution < 1.29 is 8.42 Å². The van der Waals surface area contributed by atoms with E-state index in [1.54, 1.807) is 23.2 Å². The van der Waals surface area contributed by atoms with Gasteiger partial charge in [0.1, 0.15) is 11.8 Å². The standard InChI is InChI=1S/C24H26N8O3S/c1-13(2)32-23-18(11-27-21(31-23)19-14(3)28-12-29-20(19)15-5-6-15)30-22(24(32)33)26-9-16-7-8-17(10-25-16)36(4,34)35/h7-8,10-13,15H,5-6,9H2,1-4H3,(H,26,30). The Bertz CT molecular complexity index is 1630. The second-order valence-corrected chi connectivity index (χ2v) is 11.3. The Balaban J connectivity index is 1.53. The lowest BCUT2D eigenvalue weighted by Gasteiger charge is -2.16. The van der Waals surface area contributed by atoms with Crippen LogP contribution in [-0.4, -0.2) is 49.1 Å². The molecule has 0 radical (unpaired) electrons. The summed E-state index contributed by atoms with van der Waals surface area (Å²) in [6.45, 7) is 5.92. The third-order valence-electron chi connectivity index (χ3n) is 6.06. The number of aromatic nitrogens is 7. The smallest absolute Gasteiger partial charge is 0.295 e. The third-order valence-corrected chi connectivity index (χ3v) is 7.16. The van der Waals surface area contributed by atoms with Crippen molar-refractivity contribution in [3.05, 3.63) is 58.3 Å². The van der Waals surface area contributed by atoms with E-state index in [1.807, 2.05) is 20.8 Å². The highest BCUT2D eigenvalue weighted by molar-refractivity contribution is 7.90. The summed E-state index contributed by atoms with van der Waals surface area (Å²) in [7, 11) is -3.33.